The average molecular weight is 704 g/mol. The third-order valence-corrected chi connectivity index (χ3v) is 5.58. The van der Waals surface area contributed by atoms with Gasteiger partial charge in [-0.1, -0.05) is 113 Å². The molecule has 0 bridgehead atoms. The Morgan fingerprint density at radius 2 is 1.03 bits per heavy atom. The van der Waals surface area contributed by atoms with E-state index in [0.717, 1.165) is 32.1 Å². The van der Waals surface area contributed by atoms with Crippen LogP contribution in [0.25, 0.3) is 0 Å². The number of likely N-dealkylation sites (N-methyl/N-ethyl adjacent to an activating group) is 1. The Bertz CT molecular complexity index is 467. The van der Waals surface area contributed by atoms with E-state index in [9.17, 15) is 9.90 Å². The molecule has 0 aliphatic heterocycles. The second-order valence-corrected chi connectivity index (χ2v) is 9.44. The smallest absolute Gasteiger partial charge is 0.0590 e. The van der Waals surface area contributed by atoms with Gasteiger partial charge in [-0.25, -0.2) is 0 Å². The maximum atomic E-state index is 12.0. The quantitative estimate of drug-likeness (QED) is 0.162. The normalized spacial score (nSPS) is 11.5. The van der Waals surface area contributed by atoms with Crippen LogP contribution >= 0.6 is 0 Å². The fraction of sp³-hybridized carbons (Fsp3) is 0.719. The Morgan fingerprint density at radius 1 is 0.722 bits per heavy atom. The molecule has 0 aromatic rings. The van der Waals surface area contributed by atoms with Crippen LogP contribution in [0.2, 0.25) is 0 Å². The zero-order chi connectivity index (χ0) is 29.6. The number of amides is 1. The summed E-state index contributed by atoms with van der Waals surface area (Å²) in [6.07, 6.45) is 25.0. The van der Waals surface area contributed by atoms with Crippen LogP contribution in [0, 0.1) is 0 Å². The van der Waals surface area contributed by atoms with Gasteiger partial charge in [0.2, 0.25) is 0 Å². The molecule has 3 nitrogen and oxygen atoms in total. The number of hydrogen-bond donors (Lipinski definition) is 1. The van der Waals surface area contributed by atoms with Crippen molar-refractivity contribution in [2.45, 2.75) is 144 Å². The maximum Gasteiger partial charge on any atom is -0.0590 e. The van der Waals surface area contributed by atoms with Crippen LogP contribution in [0.15, 0.2) is 48.6 Å². The topological polar surface area (TPSA) is 40.5 Å². The molecule has 4 heteroatoms. The number of carbonyl (C=O) groups is 1. The van der Waals surface area contributed by atoms with Gasteiger partial charge in [-0.15, -0.1) is 0 Å². The van der Waals surface area contributed by atoms with Crippen LogP contribution in [-0.4, -0.2) is 58.4 Å². The molecule has 0 saturated heterocycles. The van der Waals surface area contributed by atoms with Crippen molar-refractivity contribution in [2.75, 3.05) is 7.05 Å². The molecule has 0 spiro atoms. The Kier molecular flexibility index (Phi) is 68.6. The van der Waals surface area contributed by atoms with Gasteiger partial charge in [0.15, 0.2) is 0 Å². The van der Waals surface area contributed by atoms with E-state index in [0.29, 0.717) is 32.2 Å². The molecule has 2 unspecified atom stereocenters. The van der Waals surface area contributed by atoms with E-state index in [1.165, 1.54) is 12.8 Å². The van der Waals surface area contributed by atoms with Gasteiger partial charge < -0.3 is 0 Å². The summed E-state index contributed by atoms with van der Waals surface area (Å²) in [5, 5.41) is 9.56. The van der Waals surface area contributed by atoms with Crippen LogP contribution in [0.5, 0.6) is 0 Å². The minimum absolute atomic E-state index is 0.0819. The van der Waals surface area contributed by atoms with Crippen LogP contribution in [0.3, 0.4) is 0 Å². The number of aliphatic hydroxyl groups is 1. The van der Waals surface area contributed by atoms with E-state index in [4.69, 9.17) is 0 Å². The van der Waals surface area contributed by atoms with Gasteiger partial charge in [-0.2, -0.15) is 0 Å². The van der Waals surface area contributed by atoms with E-state index < -0.39 is 0 Å². The molecule has 2 atom stereocenters. The molecule has 36 heavy (non-hydrogen) atoms. The molecule has 215 valence electrons. The summed E-state index contributed by atoms with van der Waals surface area (Å²) in [6, 6.07) is -0.0819. The van der Waals surface area contributed by atoms with Crippen LogP contribution in [0.1, 0.15) is 134 Å². The van der Waals surface area contributed by atoms with Crippen molar-refractivity contribution in [1.82, 2.24) is 4.90 Å². The maximum absolute atomic E-state index is 12.0. The van der Waals surface area contributed by atoms with E-state index in [2.05, 4.69) is 83.2 Å². The van der Waals surface area contributed by atoms with Crippen LogP contribution < -0.4 is 0 Å². The summed E-state index contributed by atoms with van der Waals surface area (Å²) in [5.74, 6) is 0.0971. The number of hydrogen-bond acceptors (Lipinski definition) is 2. The van der Waals surface area contributed by atoms with Gasteiger partial charge in [0.25, 0.3) is 0 Å². The monoisotopic (exact) mass is 704 g/mol. The van der Waals surface area contributed by atoms with E-state index in [1.54, 1.807) is 11.9 Å². The first-order chi connectivity index (χ1) is 17.3. The summed E-state index contributed by atoms with van der Waals surface area (Å²) in [6.45, 7) is 24.5. The molecule has 0 aliphatic carbocycles. The molecule has 0 aliphatic rings. The largest absolute Gasteiger partial charge is 0.0656 e. The standard InChI is InChI=1S/C20H32NO2.2C3H8.3C2H6.Pb/c1-4-5-6-7-8-9-10-11-12-13-14-15-16-17-20(23)21(3)19(2)18-22;2*1-3-2;3*1-2;/h5-6,8-9,11-12,14-15,18-19,22H,4,7,10,13,16-17H2,1-3H3;2*3H2,1-2H3;3*1-2H3;/b6-5-,9-8-,12-11-,15-14-;;;;;;. The first kappa shape index (κ1) is 48.4. The summed E-state index contributed by atoms with van der Waals surface area (Å²) in [5.41, 5.74) is 0. The average Bonchev–Trinajstić information content (AvgIpc) is 2.90. The second-order valence-electron chi connectivity index (χ2n) is 7.14. The van der Waals surface area contributed by atoms with E-state index >= 15 is 0 Å². The van der Waals surface area contributed by atoms with Gasteiger partial charge in [0.1, 0.15) is 0 Å². The van der Waals surface area contributed by atoms with Gasteiger partial charge in [0, 0.05) is 0 Å². The van der Waals surface area contributed by atoms with Crippen molar-refractivity contribution < 1.29 is 9.90 Å². The van der Waals surface area contributed by atoms with Gasteiger partial charge in [0.05, 0.1) is 0 Å². The molecule has 0 saturated carbocycles. The van der Waals surface area contributed by atoms with Crippen molar-refractivity contribution in [3.05, 3.63) is 48.6 Å². The molecule has 0 fully saturated rings. The number of rotatable bonds is 12. The minimum atomic E-state index is -0.364. The molecule has 0 rings (SSSR count). The van der Waals surface area contributed by atoms with Crippen LogP contribution in [0.4, 0.5) is 0 Å². The van der Waals surface area contributed by atoms with Crippen molar-refractivity contribution in [2.24, 2.45) is 0 Å². The number of carbonyl (C=O) groups excluding carboxylic acids is 1. The third-order valence-electron chi connectivity index (χ3n) is 3.70. The molecule has 0 heterocycles. The molecule has 1 N–H and O–H groups in total. The first-order valence-corrected chi connectivity index (χ1v) is 16.8. The molecular weight excluding hydrogens is 638 g/mol. The van der Waals surface area contributed by atoms with Gasteiger partial charge in [-0.05, 0) is 12.8 Å². The summed E-state index contributed by atoms with van der Waals surface area (Å²) < 4.78 is -0.364. The molecule has 0 aromatic heterocycles. The number of allylic oxidation sites excluding steroid dienone is 8. The SMILES string of the molecule is CC.CC.CC.CC/C=C\C/C=C\C/C=C\C/C=C\CCC(=O)N(C)C(C)[CH](O)[Pb].CCC.CCC. The summed E-state index contributed by atoms with van der Waals surface area (Å²) in [4.78, 5) is 13.6. The molecule has 3 radical (unpaired) electrons. The Hall–Kier alpha value is -0.688. The first-order valence-electron chi connectivity index (χ1n) is 14.6. The third kappa shape index (κ3) is 50.2. The fourth-order valence-electron chi connectivity index (χ4n) is 1.92. The van der Waals surface area contributed by atoms with Crippen molar-refractivity contribution in [3.63, 3.8) is 0 Å². The van der Waals surface area contributed by atoms with E-state index in [-0.39, 0.29) is 15.6 Å². The number of nitrogens with zero attached hydrogens (tertiary/aromatic N) is 1. The van der Waals surface area contributed by atoms with Crippen molar-refractivity contribution in [1.29, 1.82) is 0 Å². The molecule has 1 amide bonds. The number of aliphatic hydroxyl groups excluding tert-OH is 1. The second kappa shape index (κ2) is 51.0. The Balaban J connectivity index is -0.000000159. The zero-order valence-electron chi connectivity index (χ0n) is 26.7. The fourth-order valence-corrected chi connectivity index (χ4v) is 2.79. The Morgan fingerprint density at radius 3 is 1.33 bits per heavy atom. The van der Waals surface area contributed by atoms with Crippen molar-refractivity contribution >= 4 is 31.7 Å². The Labute approximate surface area is 245 Å². The van der Waals surface area contributed by atoms with Gasteiger partial charge >= 0.3 is 120 Å². The molecule has 0 aromatic carbocycles. The minimum Gasteiger partial charge on any atom is -0.0656 e. The van der Waals surface area contributed by atoms with E-state index in [1.807, 2.05) is 48.5 Å². The van der Waals surface area contributed by atoms with Crippen LogP contribution in [-0.2, 0) is 4.79 Å². The molecular formula is C32H66NO2Pb. The predicted molar refractivity (Wildman–Crippen MR) is 170 cm³/mol. The summed E-state index contributed by atoms with van der Waals surface area (Å²) >= 11 is 0.685. The van der Waals surface area contributed by atoms with Crippen molar-refractivity contribution in [3.8, 4) is 0 Å². The van der Waals surface area contributed by atoms with Gasteiger partial charge in [-0.3, -0.25) is 0 Å². The predicted octanol–water partition coefficient (Wildman–Crippen LogP) is 9.82. The summed E-state index contributed by atoms with van der Waals surface area (Å²) in [7, 11) is 1.77. The zero-order valence-corrected chi connectivity index (χ0v) is 30.6.